The molecule has 2 rings (SSSR count). The van der Waals surface area contributed by atoms with Crippen LogP contribution in [0.1, 0.15) is 5.56 Å². The number of H-pyrrole nitrogens is 1. The number of nitrogens with zero attached hydrogens (tertiary/aromatic N) is 1. The fraction of sp³-hybridized carbons (Fsp3) is 0.0909. The lowest BCUT2D eigenvalue weighted by Crippen LogP contribution is -2.30. The molecular formula is C11H8Cl2N2O3. The number of rotatable bonds is 1. The topological polar surface area (TPSA) is 75.1 Å². The van der Waals surface area contributed by atoms with Gasteiger partial charge in [-0.1, -0.05) is 29.3 Å². The zero-order valence-electron chi connectivity index (χ0n) is 9.20. The van der Waals surface area contributed by atoms with Gasteiger partial charge in [-0.2, -0.15) is 0 Å². The maximum atomic E-state index is 11.7. The Bertz CT molecular complexity index is 714. The van der Waals surface area contributed by atoms with Gasteiger partial charge in [0.15, 0.2) is 0 Å². The second-order valence-electron chi connectivity index (χ2n) is 3.61. The van der Waals surface area contributed by atoms with Crippen LogP contribution in [-0.4, -0.2) is 14.7 Å². The van der Waals surface area contributed by atoms with Crippen LogP contribution >= 0.6 is 23.2 Å². The van der Waals surface area contributed by atoms with Gasteiger partial charge in [0.05, 0.1) is 21.3 Å². The average molecular weight is 287 g/mol. The average Bonchev–Trinajstić information content (AvgIpc) is 2.30. The summed E-state index contributed by atoms with van der Waals surface area (Å²) in [7, 11) is 0. The Hall–Kier alpha value is -1.72. The summed E-state index contributed by atoms with van der Waals surface area (Å²) in [6.45, 7) is 1.38. The molecule has 0 saturated heterocycles. The van der Waals surface area contributed by atoms with E-state index >= 15 is 0 Å². The summed E-state index contributed by atoms with van der Waals surface area (Å²) in [4.78, 5) is 25.1. The van der Waals surface area contributed by atoms with Crippen LogP contribution in [-0.2, 0) is 0 Å². The highest BCUT2D eigenvalue weighted by Gasteiger charge is 2.16. The smallest absolute Gasteiger partial charge is 0.335 e. The van der Waals surface area contributed by atoms with Crippen molar-refractivity contribution in [3.8, 4) is 11.6 Å². The maximum Gasteiger partial charge on any atom is 0.335 e. The molecule has 1 aromatic carbocycles. The van der Waals surface area contributed by atoms with Crippen molar-refractivity contribution in [2.75, 3.05) is 0 Å². The van der Waals surface area contributed by atoms with Gasteiger partial charge in [-0.3, -0.25) is 9.78 Å². The van der Waals surface area contributed by atoms with E-state index in [1.54, 1.807) is 6.07 Å². The zero-order valence-corrected chi connectivity index (χ0v) is 10.7. The van der Waals surface area contributed by atoms with Gasteiger partial charge in [0, 0.05) is 0 Å². The van der Waals surface area contributed by atoms with Gasteiger partial charge in [-0.05, 0) is 19.1 Å². The molecule has 2 N–H and O–H groups in total. The summed E-state index contributed by atoms with van der Waals surface area (Å²) in [5.41, 5.74) is -1.33. The van der Waals surface area contributed by atoms with E-state index in [-0.39, 0.29) is 21.3 Å². The first-order chi connectivity index (χ1) is 8.43. The van der Waals surface area contributed by atoms with Crippen LogP contribution in [0, 0.1) is 6.92 Å². The lowest BCUT2D eigenvalue weighted by Gasteiger charge is -2.12. The number of aromatic hydroxyl groups is 1. The highest BCUT2D eigenvalue weighted by molar-refractivity contribution is 6.37. The van der Waals surface area contributed by atoms with Gasteiger partial charge in [0.2, 0.25) is 5.88 Å². The molecule has 0 aliphatic carbocycles. The summed E-state index contributed by atoms with van der Waals surface area (Å²) in [5, 5.41) is 10.3. The third kappa shape index (κ3) is 1.91. The summed E-state index contributed by atoms with van der Waals surface area (Å²) in [6.07, 6.45) is 0. The van der Waals surface area contributed by atoms with E-state index in [1.807, 2.05) is 0 Å². The lowest BCUT2D eigenvalue weighted by atomic mass is 10.3. The monoisotopic (exact) mass is 286 g/mol. The molecule has 18 heavy (non-hydrogen) atoms. The Kier molecular flexibility index (Phi) is 3.19. The molecular weight excluding hydrogens is 279 g/mol. The van der Waals surface area contributed by atoms with Crippen molar-refractivity contribution in [3.05, 3.63) is 54.6 Å². The SMILES string of the molecule is Cc1c(O)n(-c2c(Cl)cccc2Cl)c(=O)[nH]c1=O. The number of aromatic amines is 1. The first-order valence-corrected chi connectivity index (χ1v) is 5.68. The number of para-hydroxylation sites is 1. The Balaban J connectivity index is 2.93. The van der Waals surface area contributed by atoms with E-state index in [2.05, 4.69) is 4.98 Å². The second-order valence-corrected chi connectivity index (χ2v) is 4.43. The van der Waals surface area contributed by atoms with Crippen LogP contribution in [0.3, 0.4) is 0 Å². The molecule has 0 bridgehead atoms. The van der Waals surface area contributed by atoms with E-state index in [9.17, 15) is 14.7 Å². The normalized spacial score (nSPS) is 10.6. The molecule has 1 aromatic heterocycles. The number of aromatic nitrogens is 2. The fourth-order valence-corrected chi connectivity index (χ4v) is 2.09. The summed E-state index contributed by atoms with van der Waals surface area (Å²) in [6, 6.07) is 4.65. The van der Waals surface area contributed by atoms with Crippen molar-refractivity contribution in [1.82, 2.24) is 9.55 Å². The Morgan fingerprint density at radius 1 is 1.22 bits per heavy atom. The maximum absolute atomic E-state index is 11.7. The van der Waals surface area contributed by atoms with Crippen LogP contribution in [0.25, 0.3) is 5.69 Å². The van der Waals surface area contributed by atoms with E-state index in [1.165, 1.54) is 19.1 Å². The van der Waals surface area contributed by atoms with Crippen LogP contribution in [0.2, 0.25) is 10.0 Å². The molecule has 0 aliphatic rings. The number of halogens is 2. The molecule has 0 saturated carbocycles. The van der Waals surface area contributed by atoms with Crippen molar-refractivity contribution in [2.24, 2.45) is 0 Å². The molecule has 0 amide bonds. The van der Waals surface area contributed by atoms with Gasteiger partial charge in [-0.15, -0.1) is 0 Å². The third-order valence-corrected chi connectivity index (χ3v) is 3.08. The molecule has 1 heterocycles. The highest BCUT2D eigenvalue weighted by Crippen LogP contribution is 2.29. The van der Waals surface area contributed by atoms with Crippen molar-refractivity contribution < 1.29 is 5.11 Å². The first-order valence-electron chi connectivity index (χ1n) is 4.92. The Morgan fingerprint density at radius 2 is 1.78 bits per heavy atom. The molecule has 5 nitrogen and oxygen atoms in total. The van der Waals surface area contributed by atoms with E-state index < -0.39 is 17.1 Å². The predicted octanol–water partition coefficient (Wildman–Crippen LogP) is 1.85. The quantitative estimate of drug-likeness (QED) is 0.840. The molecule has 0 fully saturated rings. The zero-order chi connectivity index (χ0) is 13.4. The lowest BCUT2D eigenvalue weighted by molar-refractivity contribution is 0.426. The van der Waals surface area contributed by atoms with Crippen molar-refractivity contribution in [3.63, 3.8) is 0 Å². The summed E-state index contributed by atoms with van der Waals surface area (Å²) < 4.78 is 0.862. The molecule has 0 atom stereocenters. The van der Waals surface area contributed by atoms with Gasteiger partial charge < -0.3 is 5.11 Å². The Morgan fingerprint density at radius 3 is 2.33 bits per heavy atom. The standard InChI is InChI=1S/C11H8Cl2N2O3/c1-5-9(16)14-11(18)15(10(5)17)8-6(12)3-2-4-7(8)13/h2-4,17H,1H3,(H,14,16,18). The van der Waals surface area contributed by atoms with Crippen LogP contribution in [0.15, 0.2) is 27.8 Å². The molecule has 0 unspecified atom stereocenters. The molecule has 0 aliphatic heterocycles. The minimum atomic E-state index is -0.807. The van der Waals surface area contributed by atoms with Gasteiger partial charge in [0.1, 0.15) is 0 Å². The van der Waals surface area contributed by atoms with Crippen molar-refractivity contribution in [2.45, 2.75) is 6.92 Å². The molecule has 0 spiro atoms. The minimum Gasteiger partial charge on any atom is -0.494 e. The fourth-order valence-electron chi connectivity index (χ4n) is 1.52. The van der Waals surface area contributed by atoms with E-state index in [0.29, 0.717) is 0 Å². The van der Waals surface area contributed by atoms with Crippen molar-refractivity contribution in [1.29, 1.82) is 0 Å². The van der Waals surface area contributed by atoms with Gasteiger partial charge >= 0.3 is 5.69 Å². The van der Waals surface area contributed by atoms with Gasteiger partial charge in [-0.25, -0.2) is 9.36 Å². The number of benzene rings is 1. The highest BCUT2D eigenvalue weighted by atomic mass is 35.5. The number of hydrogen-bond donors (Lipinski definition) is 2. The summed E-state index contributed by atoms with van der Waals surface area (Å²) in [5.74, 6) is -0.487. The molecule has 2 aromatic rings. The number of nitrogens with one attached hydrogen (secondary N) is 1. The van der Waals surface area contributed by atoms with Gasteiger partial charge in [0.25, 0.3) is 5.56 Å². The van der Waals surface area contributed by atoms with Crippen molar-refractivity contribution >= 4 is 23.2 Å². The molecule has 0 radical (unpaired) electrons. The van der Waals surface area contributed by atoms with Crippen LogP contribution in [0.4, 0.5) is 0 Å². The van der Waals surface area contributed by atoms with Crippen LogP contribution < -0.4 is 11.2 Å². The number of hydrogen-bond acceptors (Lipinski definition) is 3. The van der Waals surface area contributed by atoms with E-state index in [4.69, 9.17) is 23.2 Å². The predicted molar refractivity (Wildman–Crippen MR) is 69.1 cm³/mol. The molecule has 94 valence electrons. The van der Waals surface area contributed by atoms with Crippen LogP contribution in [0.5, 0.6) is 5.88 Å². The van der Waals surface area contributed by atoms with E-state index in [0.717, 1.165) is 4.57 Å². The largest absolute Gasteiger partial charge is 0.494 e. The molecule has 7 heteroatoms. The first kappa shape index (κ1) is 12.7. The summed E-state index contributed by atoms with van der Waals surface area (Å²) >= 11 is 11.9. The Labute approximate surface area is 111 Å². The third-order valence-electron chi connectivity index (χ3n) is 2.47. The minimum absolute atomic E-state index is 0.00517. The second kappa shape index (κ2) is 4.51.